The van der Waals surface area contributed by atoms with Crippen molar-refractivity contribution in [2.45, 2.75) is 57.3 Å². The number of carboxylic acid groups (broad SMARTS) is 1. The minimum absolute atomic E-state index is 0.205. The number of hydrogen-bond acceptors (Lipinski definition) is 9. The molecule has 4 atom stereocenters. The van der Waals surface area contributed by atoms with Gasteiger partial charge in [-0.15, -0.1) is 0 Å². The third kappa shape index (κ3) is 10.2. The molecule has 1 aliphatic rings. The summed E-state index contributed by atoms with van der Waals surface area (Å²) in [5, 5.41) is 28.0. The molecule has 210 valence electrons. The fourth-order valence-electron chi connectivity index (χ4n) is 3.70. The second-order valence-corrected chi connectivity index (χ2v) is 9.87. The number of amides is 5. The van der Waals surface area contributed by atoms with E-state index in [0.29, 0.717) is 18.6 Å². The lowest BCUT2D eigenvalue weighted by Gasteiger charge is -2.31. The van der Waals surface area contributed by atoms with Crippen LogP contribution in [-0.2, 0) is 28.8 Å². The van der Waals surface area contributed by atoms with Crippen molar-refractivity contribution in [1.29, 1.82) is 0 Å². The quantitative estimate of drug-likeness (QED) is 0.110. The molecule has 0 aromatic carbocycles. The molecule has 1 fully saturated rings. The van der Waals surface area contributed by atoms with Gasteiger partial charge in [0, 0.05) is 6.54 Å². The van der Waals surface area contributed by atoms with E-state index in [2.05, 4.69) is 21.3 Å². The van der Waals surface area contributed by atoms with Gasteiger partial charge in [0.25, 0.3) is 0 Å². The Morgan fingerprint density at radius 3 is 2.27 bits per heavy atom. The number of hydrogen-bond donors (Lipinski definition) is 7. The molecule has 15 heteroatoms. The summed E-state index contributed by atoms with van der Waals surface area (Å²) < 4.78 is 0. The number of nitrogens with zero attached hydrogens (tertiary/aromatic N) is 1. The first kappa shape index (κ1) is 32.1. The Labute approximate surface area is 219 Å². The van der Waals surface area contributed by atoms with Crippen LogP contribution in [0.5, 0.6) is 0 Å². The minimum Gasteiger partial charge on any atom is -0.480 e. The zero-order chi connectivity index (χ0) is 28.1. The van der Waals surface area contributed by atoms with Gasteiger partial charge < -0.3 is 42.1 Å². The fraction of sp³-hybridized carbons (Fsp3) is 0.727. The molecule has 0 unspecified atom stereocenters. The van der Waals surface area contributed by atoms with Crippen LogP contribution in [0.4, 0.5) is 0 Å². The molecule has 14 nitrogen and oxygen atoms in total. The summed E-state index contributed by atoms with van der Waals surface area (Å²) in [4.78, 5) is 75.2. The number of aliphatic hydroxyl groups is 1. The second-order valence-electron chi connectivity index (χ2n) is 8.88. The van der Waals surface area contributed by atoms with E-state index in [1.807, 2.05) is 6.26 Å². The number of aliphatic hydroxyl groups excluding tert-OH is 1. The average Bonchev–Trinajstić information content (AvgIpc) is 3.35. The standard InChI is InChI=1S/C22H38N6O8S/c1-12(2)18(27-17(31)10-24-16(30)9-23)21(34)28-7-4-5-15(28)20(33)25-13(6-8-37-3)19(32)26-14(11-29)22(35)36/h12-15,18,29H,4-11,23H2,1-3H3,(H,24,30)(H,25,33)(H,26,32)(H,27,31)(H,35,36)/t13-,14-,15-,18-/m0/s1. The molecule has 1 aliphatic heterocycles. The van der Waals surface area contributed by atoms with E-state index in [4.69, 9.17) is 10.8 Å². The van der Waals surface area contributed by atoms with Crippen molar-refractivity contribution in [2.24, 2.45) is 11.7 Å². The van der Waals surface area contributed by atoms with Gasteiger partial charge in [-0.2, -0.15) is 11.8 Å². The van der Waals surface area contributed by atoms with Crippen LogP contribution in [0.1, 0.15) is 33.1 Å². The van der Waals surface area contributed by atoms with Crippen molar-refractivity contribution in [3.63, 3.8) is 0 Å². The van der Waals surface area contributed by atoms with Gasteiger partial charge in [0.05, 0.1) is 19.7 Å². The molecule has 0 aliphatic carbocycles. The Kier molecular flexibility index (Phi) is 13.9. The summed E-state index contributed by atoms with van der Waals surface area (Å²) in [6.45, 7) is 2.29. The lowest BCUT2D eigenvalue weighted by atomic mass is 10.0. The Balaban J connectivity index is 2.94. The summed E-state index contributed by atoms with van der Waals surface area (Å²) >= 11 is 1.43. The smallest absolute Gasteiger partial charge is 0.328 e. The van der Waals surface area contributed by atoms with Crippen molar-refractivity contribution in [3.05, 3.63) is 0 Å². The van der Waals surface area contributed by atoms with Gasteiger partial charge in [0.1, 0.15) is 24.2 Å². The largest absolute Gasteiger partial charge is 0.480 e. The van der Waals surface area contributed by atoms with E-state index in [0.717, 1.165) is 0 Å². The van der Waals surface area contributed by atoms with Gasteiger partial charge in [-0.1, -0.05) is 13.8 Å². The zero-order valence-corrected chi connectivity index (χ0v) is 22.1. The maximum absolute atomic E-state index is 13.3. The number of carbonyl (C=O) groups is 6. The first-order valence-electron chi connectivity index (χ1n) is 12.0. The number of rotatable bonds is 15. The molecule has 0 aromatic heterocycles. The van der Waals surface area contributed by atoms with Gasteiger partial charge in [-0.05, 0) is 37.2 Å². The number of likely N-dealkylation sites (tertiary alicyclic amines) is 1. The Bertz CT molecular complexity index is 842. The highest BCUT2D eigenvalue weighted by molar-refractivity contribution is 7.98. The number of thioether (sulfide) groups is 1. The molecule has 5 amide bonds. The number of nitrogens with two attached hydrogens (primary N) is 1. The number of aliphatic carboxylic acids is 1. The number of nitrogens with one attached hydrogen (secondary N) is 4. The van der Waals surface area contributed by atoms with E-state index in [-0.39, 0.29) is 32.0 Å². The summed E-state index contributed by atoms with van der Waals surface area (Å²) in [7, 11) is 0. The van der Waals surface area contributed by atoms with Crippen LogP contribution in [0.2, 0.25) is 0 Å². The van der Waals surface area contributed by atoms with Crippen LogP contribution in [0.3, 0.4) is 0 Å². The topological polar surface area (TPSA) is 220 Å². The van der Waals surface area contributed by atoms with Crippen LogP contribution >= 0.6 is 11.8 Å². The highest BCUT2D eigenvalue weighted by atomic mass is 32.2. The minimum atomic E-state index is -1.52. The van der Waals surface area contributed by atoms with Crippen molar-refractivity contribution in [1.82, 2.24) is 26.2 Å². The lowest BCUT2D eigenvalue weighted by Crippen LogP contribution is -2.58. The molecular formula is C22H38N6O8S. The van der Waals surface area contributed by atoms with E-state index in [9.17, 15) is 33.9 Å². The molecule has 0 aromatic rings. The van der Waals surface area contributed by atoms with Crippen LogP contribution in [0.25, 0.3) is 0 Å². The summed E-state index contributed by atoms with van der Waals surface area (Å²) in [6, 6.07) is -4.43. The van der Waals surface area contributed by atoms with E-state index >= 15 is 0 Å². The highest BCUT2D eigenvalue weighted by Gasteiger charge is 2.39. The normalized spacial score (nSPS) is 17.5. The van der Waals surface area contributed by atoms with Gasteiger partial charge in [-0.3, -0.25) is 24.0 Å². The molecule has 8 N–H and O–H groups in total. The van der Waals surface area contributed by atoms with Crippen LogP contribution in [0.15, 0.2) is 0 Å². The van der Waals surface area contributed by atoms with Crippen LogP contribution < -0.4 is 27.0 Å². The van der Waals surface area contributed by atoms with Crippen molar-refractivity contribution >= 4 is 47.3 Å². The Hall–Kier alpha value is -2.91. The number of carbonyl (C=O) groups excluding carboxylic acids is 5. The SMILES string of the molecule is CSCC[C@H](NC(=O)[C@@H]1CCCN1C(=O)[C@@H](NC(=O)CNC(=O)CN)C(C)C)C(=O)N[C@@H](CO)C(=O)O. The summed E-state index contributed by atoms with van der Waals surface area (Å²) in [5.41, 5.74) is 5.20. The zero-order valence-electron chi connectivity index (χ0n) is 21.3. The second kappa shape index (κ2) is 16.0. The van der Waals surface area contributed by atoms with Crippen molar-refractivity contribution in [2.75, 3.05) is 38.2 Å². The van der Waals surface area contributed by atoms with Crippen molar-refractivity contribution < 1.29 is 39.0 Å². The van der Waals surface area contributed by atoms with Gasteiger partial charge >= 0.3 is 5.97 Å². The van der Waals surface area contributed by atoms with E-state index < -0.39 is 66.3 Å². The van der Waals surface area contributed by atoms with Crippen molar-refractivity contribution in [3.8, 4) is 0 Å². The van der Waals surface area contributed by atoms with Gasteiger partial charge in [-0.25, -0.2) is 4.79 Å². The summed E-state index contributed by atoms with van der Waals surface area (Å²) in [6.07, 6.45) is 2.89. The average molecular weight is 547 g/mol. The first-order valence-corrected chi connectivity index (χ1v) is 13.4. The molecule has 1 heterocycles. The highest BCUT2D eigenvalue weighted by Crippen LogP contribution is 2.21. The molecular weight excluding hydrogens is 508 g/mol. The maximum Gasteiger partial charge on any atom is 0.328 e. The van der Waals surface area contributed by atoms with Crippen LogP contribution in [0, 0.1) is 5.92 Å². The third-order valence-electron chi connectivity index (χ3n) is 5.76. The number of carboxylic acids is 1. The lowest BCUT2D eigenvalue weighted by molar-refractivity contribution is -0.144. The maximum atomic E-state index is 13.3. The molecule has 1 rings (SSSR count). The summed E-state index contributed by atoms with van der Waals surface area (Å²) in [5.74, 6) is -4.15. The fourth-order valence-corrected chi connectivity index (χ4v) is 4.17. The van der Waals surface area contributed by atoms with Crippen LogP contribution in [-0.4, -0.2) is 113 Å². The van der Waals surface area contributed by atoms with Gasteiger partial charge in [0.2, 0.25) is 29.5 Å². The monoisotopic (exact) mass is 546 g/mol. The van der Waals surface area contributed by atoms with Gasteiger partial charge in [0.15, 0.2) is 0 Å². The molecule has 0 bridgehead atoms. The Morgan fingerprint density at radius 2 is 1.73 bits per heavy atom. The molecule has 0 spiro atoms. The molecule has 1 saturated heterocycles. The Morgan fingerprint density at radius 1 is 1.05 bits per heavy atom. The predicted octanol–water partition coefficient (Wildman–Crippen LogP) is -3.01. The third-order valence-corrected chi connectivity index (χ3v) is 6.40. The molecule has 37 heavy (non-hydrogen) atoms. The molecule has 0 radical (unpaired) electrons. The first-order chi connectivity index (χ1) is 17.5. The predicted molar refractivity (Wildman–Crippen MR) is 135 cm³/mol. The van der Waals surface area contributed by atoms with E-state index in [1.54, 1.807) is 13.8 Å². The molecule has 0 saturated carbocycles. The van der Waals surface area contributed by atoms with E-state index in [1.165, 1.54) is 16.7 Å².